The number of hydrogen-bond acceptors (Lipinski definition) is 3. The summed E-state index contributed by atoms with van der Waals surface area (Å²) in [6, 6.07) is 3.16. The molecule has 11 heavy (non-hydrogen) atoms. The molecule has 0 atom stereocenters. The lowest BCUT2D eigenvalue weighted by Gasteiger charge is -2.09. The molecule has 1 aromatic rings. The van der Waals surface area contributed by atoms with Gasteiger partial charge in [0.25, 0.3) is 0 Å². The molecule has 0 spiro atoms. The van der Waals surface area contributed by atoms with Gasteiger partial charge in [0.15, 0.2) is 0 Å². The van der Waals surface area contributed by atoms with Gasteiger partial charge in [0.2, 0.25) is 0 Å². The van der Waals surface area contributed by atoms with Gasteiger partial charge in [-0.3, -0.25) is 0 Å². The summed E-state index contributed by atoms with van der Waals surface area (Å²) >= 11 is 0. The zero-order valence-electron chi connectivity index (χ0n) is 6.29. The molecule has 0 aromatic carbocycles. The van der Waals surface area contributed by atoms with Gasteiger partial charge in [-0.05, 0) is 18.7 Å². The lowest BCUT2D eigenvalue weighted by atomic mass is 10.6. The minimum atomic E-state index is -0.442. The first-order valence-corrected chi connectivity index (χ1v) is 3.33. The third-order valence-electron chi connectivity index (χ3n) is 1.14. The summed E-state index contributed by atoms with van der Waals surface area (Å²) in [5.41, 5.74) is 0.671. The molecular formula is C8H9O3-. The van der Waals surface area contributed by atoms with Gasteiger partial charge in [0.05, 0.1) is 5.95 Å². The van der Waals surface area contributed by atoms with Crippen LogP contribution in [0.5, 0.6) is 0 Å². The summed E-state index contributed by atoms with van der Waals surface area (Å²) < 4.78 is 9.59. The van der Waals surface area contributed by atoms with E-state index in [9.17, 15) is 5.11 Å². The van der Waals surface area contributed by atoms with Crippen LogP contribution in [0.4, 0.5) is 0 Å². The predicted octanol–water partition coefficient (Wildman–Crippen LogP) is -0.848. The van der Waals surface area contributed by atoms with Crippen molar-refractivity contribution < 1.29 is 14.3 Å². The second-order valence-electron chi connectivity index (χ2n) is 1.99. The van der Waals surface area contributed by atoms with Crippen LogP contribution in [-0.4, -0.2) is 6.61 Å². The molecule has 0 aliphatic rings. The van der Waals surface area contributed by atoms with Gasteiger partial charge in [-0.1, -0.05) is 13.5 Å². The van der Waals surface area contributed by atoms with Gasteiger partial charge < -0.3 is 14.3 Å². The fourth-order valence-electron chi connectivity index (χ4n) is 0.690. The molecule has 0 aliphatic heterocycles. The lowest BCUT2D eigenvalue weighted by molar-refractivity contribution is -0.292. The van der Waals surface area contributed by atoms with Crippen LogP contribution >= 0.6 is 0 Å². The molecule has 0 fully saturated rings. The summed E-state index contributed by atoms with van der Waals surface area (Å²) in [5.74, 6) is -0.442. The van der Waals surface area contributed by atoms with E-state index in [4.69, 9.17) is 4.42 Å². The third-order valence-corrected chi connectivity index (χ3v) is 1.14. The van der Waals surface area contributed by atoms with E-state index in [0.717, 1.165) is 0 Å². The Kier molecular flexibility index (Phi) is 2.21. The molecular weight excluding hydrogens is 144 g/mol. The highest BCUT2D eigenvalue weighted by atomic mass is 16.6. The molecule has 1 rings (SSSR count). The smallest absolute Gasteiger partial charge is 0.149 e. The molecule has 1 aromatic heterocycles. The molecule has 3 heteroatoms. The van der Waals surface area contributed by atoms with Crippen molar-refractivity contribution in [2.24, 2.45) is 0 Å². The monoisotopic (exact) mass is 153 g/mol. The summed E-state index contributed by atoms with van der Waals surface area (Å²) in [6.07, 6.45) is 0. The van der Waals surface area contributed by atoms with Crippen LogP contribution in [0, 0.1) is 0 Å². The van der Waals surface area contributed by atoms with E-state index in [2.05, 4.69) is 11.3 Å². The van der Waals surface area contributed by atoms with Crippen molar-refractivity contribution in [2.75, 3.05) is 6.61 Å². The van der Waals surface area contributed by atoms with Crippen molar-refractivity contribution in [3.05, 3.63) is 23.0 Å². The zero-order chi connectivity index (χ0) is 8.27. The lowest BCUT2D eigenvalue weighted by Crippen LogP contribution is -2.17. The Balaban J connectivity index is 3.05. The van der Waals surface area contributed by atoms with Crippen molar-refractivity contribution >= 4 is 12.5 Å². The molecule has 0 saturated heterocycles. The molecule has 0 amide bonds. The standard InChI is InChI=1S/C8H10O3/c1-3-10-8(9)7-5-4-6(2)11-7/h4-5,9H,2-3H2,1H3/p-1/b8-7+. The molecule has 0 N–H and O–H groups in total. The normalized spacial score (nSPS) is 12.8. The molecule has 3 nitrogen and oxygen atoms in total. The van der Waals surface area contributed by atoms with Crippen LogP contribution in [0.1, 0.15) is 6.92 Å². The van der Waals surface area contributed by atoms with Crippen LogP contribution < -0.4 is 15.9 Å². The maximum Gasteiger partial charge on any atom is 0.149 e. The van der Waals surface area contributed by atoms with E-state index in [0.29, 0.717) is 12.0 Å². The van der Waals surface area contributed by atoms with Crippen LogP contribution in [0.25, 0.3) is 12.5 Å². The summed E-state index contributed by atoms with van der Waals surface area (Å²) in [4.78, 5) is 0. The molecule has 0 radical (unpaired) electrons. The minimum Gasteiger partial charge on any atom is -0.611 e. The highest BCUT2D eigenvalue weighted by Crippen LogP contribution is 1.82. The average molecular weight is 153 g/mol. The predicted molar refractivity (Wildman–Crippen MR) is 38.5 cm³/mol. The van der Waals surface area contributed by atoms with E-state index in [1.807, 2.05) is 0 Å². The first kappa shape index (κ1) is 7.72. The summed E-state index contributed by atoms with van der Waals surface area (Å²) in [7, 11) is 0. The van der Waals surface area contributed by atoms with Crippen molar-refractivity contribution in [1.29, 1.82) is 0 Å². The Hall–Kier alpha value is -1.38. The average Bonchev–Trinajstić information content (AvgIpc) is 2.36. The van der Waals surface area contributed by atoms with Crippen LogP contribution in [-0.2, 0) is 4.74 Å². The van der Waals surface area contributed by atoms with Gasteiger partial charge in [0.1, 0.15) is 10.8 Å². The van der Waals surface area contributed by atoms with Crippen LogP contribution in [0.15, 0.2) is 16.5 Å². The largest absolute Gasteiger partial charge is 0.611 e. The molecule has 1 heterocycles. The second kappa shape index (κ2) is 3.14. The summed E-state index contributed by atoms with van der Waals surface area (Å²) in [6.45, 7) is 5.60. The summed E-state index contributed by atoms with van der Waals surface area (Å²) in [5, 5.41) is 10.9. The number of rotatable bonds is 2. The molecule has 0 bridgehead atoms. The van der Waals surface area contributed by atoms with Crippen LogP contribution in [0.2, 0.25) is 0 Å². The SMILES string of the molecule is C=c1cc/c(=C(/[O-])OCC)o1. The van der Waals surface area contributed by atoms with Gasteiger partial charge in [-0.2, -0.15) is 0 Å². The van der Waals surface area contributed by atoms with Gasteiger partial charge in [-0.25, -0.2) is 0 Å². The van der Waals surface area contributed by atoms with Gasteiger partial charge in [0, 0.05) is 0 Å². The van der Waals surface area contributed by atoms with E-state index in [1.54, 1.807) is 19.1 Å². The van der Waals surface area contributed by atoms with E-state index >= 15 is 0 Å². The molecule has 0 saturated carbocycles. The molecule has 60 valence electrons. The Labute approximate surface area is 64.2 Å². The maximum absolute atomic E-state index is 10.9. The van der Waals surface area contributed by atoms with Crippen molar-refractivity contribution in [2.45, 2.75) is 6.92 Å². The Morgan fingerprint density at radius 1 is 1.73 bits per heavy atom. The maximum atomic E-state index is 10.9. The fraction of sp³-hybridized carbons (Fsp3) is 0.250. The highest BCUT2D eigenvalue weighted by Gasteiger charge is 1.86. The highest BCUT2D eigenvalue weighted by molar-refractivity contribution is 5.18. The number of ether oxygens (including phenoxy) is 1. The topological polar surface area (TPSA) is 45.4 Å². The molecule has 0 aliphatic carbocycles. The van der Waals surface area contributed by atoms with E-state index < -0.39 is 5.95 Å². The van der Waals surface area contributed by atoms with Gasteiger partial charge in [-0.15, -0.1) is 0 Å². The number of furan rings is 1. The van der Waals surface area contributed by atoms with E-state index in [-0.39, 0.29) is 5.42 Å². The molecule has 0 unspecified atom stereocenters. The van der Waals surface area contributed by atoms with Crippen molar-refractivity contribution in [1.82, 2.24) is 0 Å². The zero-order valence-corrected chi connectivity index (χ0v) is 6.29. The second-order valence-corrected chi connectivity index (χ2v) is 1.99. The van der Waals surface area contributed by atoms with Crippen molar-refractivity contribution in [3.8, 4) is 0 Å². The Bertz CT molecular complexity index is 323. The van der Waals surface area contributed by atoms with Crippen molar-refractivity contribution in [3.63, 3.8) is 0 Å². The first-order valence-electron chi connectivity index (χ1n) is 3.33. The van der Waals surface area contributed by atoms with Gasteiger partial charge >= 0.3 is 0 Å². The number of hydrogen-bond donors (Lipinski definition) is 0. The van der Waals surface area contributed by atoms with Crippen LogP contribution in [0.3, 0.4) is 0 Å². The van der Waals surface area contributed by atoms with E-state index in [1.165, 1.54) is 0 Å². The fourth-order valence-corrected chi connectivity index (χ4v) is 0.690. The first-order chi connectivity index (χ1) is 5.24. The third kappa shape index (κ3) is 1.77. The Morgan fingerprint density at radius 3 is 2.91 bits per heavy atom. The quantitative estimate of drug-likeness (QED) is 0.556. The minimum absolute atomic E-state index is 0.205. The Morgan fingerprint density at radius 2 is 2.45 bits per heavy atom.